The quantitative estimate of drug-likeness (QED) is 0.901. The number of nitrogens with two attached hydrogens (primary N) is 1. The monoisotopic (exact) mass is 295 g/mol. The standard InChI is InChI=1S/C16H17N5O/c17-9-12-7-11(15-8-16(18)20-10-19-15)1-2-14(12)21-13-3-5-22-6-4-13/h1-2,7-8,10,13,21H,3-6H2,(H2,18,19,20). The molecule has 1 aromatic heterocycles. The van der Waals surface area contributed by atoms with E-state index in [1.165, 1.54) is 6.33 Å². The van der Waals surface area contributed by atoms with E-state index in [0.29, 0.717) is 23.1 Å². The van der Waals surface area contributed by atoms with Gasteiger partial charge in [-0.15, -0.1) is 0 Å². The molecule has 1 saturated heterocycles. The molecule has 0 aliphatic carbocycles. The molecule has 112 valence electrons. The molecule has 3 N–H and O–H groups in total. The van der Waals surface area contributed by atoms with Gasteiger partial charge in [0.05, 0.1) is 16.9 Å². The highest BCUT2D eigenvalue weighted by Gasteiger charge is 2.15. The number of nitrogens with one attached hydrogen (secondary N) is 1. The summed E-state index contributed by atoms with van der Waals surface area (Å²) in [6, 6.07) is 9.96. The third kappa shape index (κ3) is 3.15. The Bertz CT molecular complexity index is 704. The van der Waals surface area contributed by atoms with Crippen LogP contribution in [0.25, 0.3) is 11.3 Å². The minimum Gasteiger partial charge on any atom is -0.384 e. The van der Waals surface area contributed by atoms with E-state index in [1.807, 2.05) is 18.2 Å². The van der Waals surface area contributed by atoms with E-state index in [2.05, 4.69) is 21.4 Å². The number of nitrogens with zero attached hydrogens (tertiary/aromatic N) is 3. The number of anilines is 2. The molecule has 1 fully saturated rings. The fraction of sp³-hybridized carbons (Fsp3) is 0.312. The van der Waals surface area contributed by atoms with Gasteiger partial charge in [0.25, 0.3) is 0 Å². The first-order chi connectivity index (χ1) is 10.8. The Hall–Kier alpha value is -2.65. The van der Waals surface area contributed by atoms with Crippen LogP contribution in [0.4, 0.5) is 11.5 Å². The van der Waals surface area contributed by atoms with E-state index in [1.54, 1.807) is 6.07 Å². The zero-order valence-electron chi connectivity index (χ0n) is 12.1. The molecule has 3 rings (SSSR count). The van der Waals surface area contributed by atoms with Gasteiger partial charge in [-0.1, -0.05) is 6.07 Å². The number of hydrogen-bond donors (Lipinski definition) is 2. The Balaban J connectivity index is 1.86. The molecule has 0 amide bonds. The minimum absolute atomic E-state index is 0.349. The summed E-state index contributed by atoms with van der Waals surface area (Å²) in [4.78, 5) is 8.07. The molecule has 22 heavy (non-hydrogen) atoms. The van der Waals surface area contributed by atoms with Crippen molar-refractivity contribution in [3.05, 3.63) is 36.2 Å². The molecule has 1 aliphatic rings. The van der Waals surface area contributed by atoms with Crippen LogP contribution < -0.4 is 11.1 Å². The normalized spacial score (nSPS) is 15.2. The zero-order chi connectivity index (χ0) is 15.4. The summed E-state index contributed by atoms with van der Waals surface area (Å²) in [7, 11) is 0. The summed E-state index contributed by atoms with van der Waals surface area (Å²) in [6.07, 6.45) is 3.33. The van der Waals surface area contributed by atoms with Gasteiger partial charge in [0.15, 0.2) is 0 Å². The van der Waals surface area contributed by atoms with Crippen LogP contribution in [0.3, 0.4) is 0 Å². The fourth-order valence-corrected chi connectivity index (χ4v) is 2.51. The minimum atomic E-state index is 0.349. The first kappa shape index (κ1) is 14.3. The van der Waals surface area contributed by atoms with Gasteiger partial charge in [0.1, 0.15) is 18.2 Å². The molecule has 6 nitrogen and oxygen atoms in total. The lowest BCUT2D eigenvalue weighted by atomic mass is 10.0. The molecule has 2 heterocycles. The van der Waals surface area contributed by atoms with Gasteiger partial charge in [-0.05, 0) is 25.0 Å². The van der Waals surface area contributed by atoms with Crippen molar-refractivity contribution in [2.75, 3.05) is 24.3 Å². The highest BCUT2D eigenvalue weighted by Crippen LogP contribution is 2.25. The molecular weight excluding hydrogens is 278 g/mol. The van der Waals surface area contributed by atoms with Crippen molar-refractivity contribution in [1.29, 1.82) is 5.26 Å². The van der Waals surface area contributed by atoms with Crippen molar-refractivity contribution < 1.29 is 4.74 Å². The summed E-state index contributed by atoms with van der Waals surface area (Å²) in [6.45, 7) is 1.52. The van der Waals surface area contributed by atoms with E-state index in [-0.39, 0.29) is 0 Å². The van der Waals surface area contributed by atoms with Crippen molar-refractivity contribution in [2.24, 2.45) is 0 Å². The van der Waals surface area contributed by atoms with Crippen molar-refractivity contribution in [3.63, 3.8) is 0 Å². The maximum absolute atomic E-state index is 9.40. The number of rotatable bonds is 3. The van der Waals surface area contributed by atoms with Crippen molar-refractivity contribution in [1.82, 2.24) is 9.97 Å². The van der Waals surface area contributed by atoms with Crippen LogP contribution in [-0.2, 0) is 4.74 Å². The molecule has 0 bridgehead atoms. The van der Waals surface area contributed by atoms with E-state index < -0.39 is 0 Å². The second kappa shape index (κ2) is 6.41. The van der Waals surface area contributed by atoms with Crippen LogP contribution in [0.5, 0.6) is 0 Å². The molecule has 2 aromatic rings. The van der Waals surface area contributed by atoms with Crippen molar-refractivity contribution >= 4 is 11.5 Å². The Morgan fingerprint density at radius 1 is 1.23 bits per heavy atom. The average Bonchev–Trinajstić information content (AvgIpc) is 2.56. The largest absolute Gasteiger partial charge is 0.384 e. The Morgan fingerprint density at radius 3 is 2.77 bits per heavy atom. The molecular formula is C16H17N5O. The van der Waals surface area contributed by atoms with Crippen LogP contribution in [0.1, 0.15) is 18.4 Å². The van der Waals surface area contributed by atoms with Gasteiger partial charge in [0.2, 0.25) is 0 Å². The average molecular weight is 295 g/mol. The van der Waals surface area contributed by atoms with Gasteiger partial charge >= 0.3 is 0 Å². The molecule has 0 unspecified atom stereocenters. The van der Waals surface area contributed by atoms with Gasteiger partial charge in [0, 0.05) is 30.9 Å². The van der Waals surface area contributed by atoms with E-state index >= 15 is 0 Å². The summed E-state index contributed by atoms with van der Waals surface area (Å²) < 4.78 is 5.35. The number of ether oxygens (including phenoxy) is 1. The molecule has 0 spiro atoms. The van der Waals surface area contributed by atoms with Crippen LogP contribution in [0.15, 0.2) is 30.6 Å². The second-order valence-electron chi connectivity index (χ2n) is 5.23. The third-order valence-corrected chi connectivity index (χ3v) is 3.70. The van der Waals surface area contributed by atoms with Crippen LogP contribution in [0.2, 0.25) is 0 Å². The number of aromatic nitrogens is 2. The molecule has 0 radical (unpaired) electrons. The number of benzene rings is 1. The maximum Gasteiger partial charge on any atom is 0.127 e. The Morgan fingerprint density at radius 2 is 2.05 bits per heavy atom. The third-order valence-electron chi connectivity index (χ3n) is 3.70. The van der Waals surface area contributed by atoms with Crippen LogP contribution >= 0.6 is 0 Å². The lowest BCUT2D eigenvalue weighted by Crippen LogP contribution is -2.28. The zero-order valence-corrected chi connectivity index (χ0v) is 12.1. The highest BCUT2D eigenvalue weighted by atomic mass is 16.5. The van der Waals surface area contributed by atoms with Gasteiger partial charge in [-0.25, -0.2) is 9.97 Å². The SMILES string of the molecule is N#Cc1cc(-c2cc(N)ncn2)ccc1NC1CCOCC1. The number of nitrogen functional groups attached to an aromatic ring is 1. The summed E-state index contributed by atoms with van der Waals surface area (Å²) in [5.74, 6) is 0.410. The predicted molar refractivity (Wildman–Crippen MR) is 84.1 cm³/mol. The molecule has 1 aliphatic heterocycles. The summed E-state index contributed by atoms with van der Waals surface area (Å²) in [5, 5.41) is 12.8. The van der Waals surface area contributed by atoms with E-state index in [4.69, 9.17) is 10.5 Å². The fourth-order valence-electron chi connectivity index (χ4n) is 2.51. The lowest BCUT2D eigenvalue weighted by molar-refractivity contribution is 0.0904. The molecule has 0 atom stereocenters. The first-order valence-corrected chi connectivity index (χ1v) is 7.22. The van der Waals surface area contributed by atoms with Gasteiger partial charge in [-0.2, -0.15) is 5.26 Å². The van der Waals surface area contributed by atoms with Crippen LogP contribution in [-0.4, -0.2) is 29.2 Å². The lowest BCUT2D eigenvalue weighted by Gasteiger charge is -2.24. The van der Waals surface area contributed by atoms with E-state index in [0.717, 1.165) is 37.3 Å². The number of hydrogen-bond acceptors (Lipinski definition) is 6. The van der Waals surface area contributed by atoms with Crippen molar-refractivity contribution in [2.45, 2.75) is 18.9 Å². The Labute approximate surface area is 129 Å². The predicted octanol–water partition coefficient (Wildman–Crippen LogP) is 2.19. The van der Waals surface area contributed by atoms with Crippen LogP contribution in [0, 0.1) is 11.3 Å². The maximum atomic E-state index is 9.40. The summed E-state index contributed by atoms with van der Waals surface area (Å²) in [5.41, 5.74) is 8.69. The highest BCUT2D eigenvalue weighted by molar-refractivity contribution is 5.70. The summed E-state index contributed by atoms with van der Waals surface area (Å²) >= 11 is 0. The topological polar surface area (TPSA) is 96.9 Å². The second-order valence-corrected chi connectivity index (χ2v) is 5.23. The smallest absolute Gasteiger partial charge is 0.127 e. The Kier molecular flexibility index (Phi) is 4.17. The first-order valence-electron chi connectivity index (χ1n) is 7.22. The van der Waals surface area contributed by atoms with E-state index in [9.17, 15) is 5.26 Å². The van der Waals surface area contributed by atoms with Gasteiger partial charge in [-0.3, -0.25) is 0 Å². The van der Waals surface area contributed by atoms with Crippen molar-refractivity contribution in [3.8, 4) is 17.3 Å². The molecule has 0 saturated carbocycles. The molecule has 6 heteroatoms. The molecule has 1 aromatic carbocycles. The number of nitriles is 1. The van der Waals surface area contributed by atoms with Gasteiger partial charge < -0.3 is 15.8 Å².